The Balaban J connectivity index is 2.11. The van der Waals surface area contributed by atoms with E-state index in [1.54, 1.807) is 32.2 Å². The van der Waals surface area contributed by atoms with Gasteiger partial charge in [-0.15, -0.1) is 0 Å². The number of rotatable bonds is 7. The van der Waals surface area contributed by atoms with Crippen LogP contribution in [0.2, 0.25) is 5.02 Å². The third-order valence-corrected chi connectivity index (χ3v) is 6.18. The van der Waals surface area contributed by atoms with Crippen molar-refractivity contribution < 1.29 is 14.5 Å². The van der Waals surface area contributed by atoms with Crippen LogP contribution in [0, 0.1) is 17.0 Å². The quantitative estimate of drug-likeness (QED) is 0.393. The van der Waals surface area contributed by atoms with Crippen LogP contribution in [0.5, 0.6) is 5.75 Å². The van der Waals surface area contributed by atoms with E-state index in [2.05, 4.69) is 4.98 Å². The number of ether oxygens (including phenoxy) is 1. The van der Waals surface area contributed by atoms with Crippen molar-refractivity contribution in [3.8, 4) is 5.75 Å². The number of nitro benzene ring substituents is 1. The first-order valence-corrected chi connectivity index (χ1v) is 10.3. The topological polar surface area (TPSA) is 88.8 Å². The van der Waals surface area contributed by atoms with Crippen molar-refractivity contribution >= 4 is 49.9 Å². The van der Waals surface area contributed by atoms with Gasteiger partial charge in [-0.05, 0) is 39.2 Å². The van der Waals surface area contributed by atoms with Crippen LogP contribution in [0.1, 0.15) is 15.9 Å². The van der Waals surface area contributed by atoms with Crippen LogP contribution in [0.3, 0.4) is 0 Å². The highest BCUT2D eigenvalue weighted by atomic mass is 35.5. The molecule has 10 heteroatoms. The largest absolute Gasteiger partial charge is 0.494 e. The predicted molar refractivity (Wildman–Crippen MR) is 119 cm³/mol. The minimum absolute atomic E-state index is 0.0950. The van der Waals surface area contributed by atoms with Crippen molar-refractivity contribution in [3.63, 3.8) is 0 Å². The lowest BCUT2D eigenvalue weighted by atomic mass is 10.1. The Morgan fingerprint density at radius 3 is 2.63 bits per heavy atom. The van der Waals surface area contributed by atoms with Gasteiger partial charge in [0, 0.05) is 30.3 Å². The van der Waals surface area contributed by atoms with Crippen LogP contribution >= 0.6 is 22.9 Å². The minimum atomic E-state index is -0.488. The number of halogens is 1. The number of nitrogens with zero attached hydrogens (tertiary/aromatic N) is 4. The summed E-state index contributed by atoms with van der Waals surface area (Å²) in [7, 11) is 5.35. The number of fused-ring (bicyclic) bond motifs is 1. The second-order valence-corrected chi connectivity index (χ2v) is 8.28. The Hall–Kier alpha value is -2.75. The van der Waals surface area contributed by atoms with Gasteiger partial charge < -0.3 is 9.64 Å². The van der Waals surface area contributed by atoms with Gasteiger partial charge in [-0.2, -0.15) is 0 Å². The summed E-state index contributed by atoms with van der Waals surface area (Å²) in [6, 6.07) is 7.94. The van der Waals surface area contributed by atoms with Crippen molar-refractivity contribution in [1.29, 1.82) is 0 Å². The number of hydrogen-bond acceptors (Lipinski definition) is 7. The summed E-state index contributed by atoms with van der Waals surface area (Å²) in [5.74, 6) is 0.204. The average Bonchev–Trinajstić information content (AvgIpc) is 3.14. The van der Waals surface area contributed by atoms with Gasteiger partial charge in [0.05, 0.1) is 21.8 Å². The first-order chi connectivity index (χ1) is 14.2. The van der Waals surface area contributed by atoms with E-state index in [9.17, 15) is 14.9 Å². The van der Waals surface area contributed by atoms with Crippen LogP contribution in [0.4, 0.5) is 10.8 Å². The first-order valence-electron chi connectivity index (χ1n) is 9.08. The molecule has 3 rings (SSSR count). The van der Waals surface area contributed by atoms with E-state index in [0.717, 1.165) is 0 Å². The molecule has 2 aromatic carbocycles. The fraction of sp³-hybridized carbons (Fsp3) is 0.300. The van der Waals surface area contributed by atoms with Crippen LogP contribution in [0.25, 0.3) is 10.2 Å². The summed E-state index contributed by atoms with van der Waals surface area (Å²) in [5, 5.41) is 12.3. The standard InChI is InChI=1S/C20H21ClN4O4S/c1-12-13(6-5-7-15(12)25(27)28)19(26)24(11-10-23(2)3)20-22-17-16(29-4)9-8-14(21)18(17)30-20/h5-9H,10-11H2,1-4H3. The Morgan fingerprint density at radius 1 is 1.27 bits per heavy atom. The fourth-order valence-corrected chi connectivity index (χ4v) is 4.28. The monoisotopic (exact) mass is 448 g/mol. The Morgan fingerprint density at radius 2 is 2.00 bits per heavy atom. The van der Waals surface area contributed by atoms with E-state index < -0.39 is 4.92 Å². The third-order valence-electron chi connectivity index (χ3n) is 4.65. The van der Waals surface area contributed by atoms with Gasteiger partial charge in [0.2, 0.25) is 0 Å². The molecule has 0 radical (unpaired) electrons. The van der Waals surface area contributed by atoms with Crippen molar-refractivity contribution in [1.82, 2.24) is 9.88 Å². The summed E-state index contributed by atoms with van der Waals surface area (Å²) < 4.78 is 6.09. The van der Waals surface area contributed by atoms with Gasteiger partial charge in [0.15, 0.2) is 5.13 Å². The van der Waals surface area contributed by atoms with Crippen LogP contribution < -0.4 is 9.64 Å². The zero-order valence-corrected chi connectivity index (χ0v) is 18.6. The highest BCUT2D eigenvalue weighted by Crippen LogP contribution is 2.39. The van der Waals surface area contributed by atoms with Gasteiger partial charge >= 0.3 is 0 Å². The SMILES string of the molecule is COc1ccc(Cl)c2sc(N(CCN(C)C)C(=O)c3cccc([N+](=O)[O-])c3C)nc12. The molecule has 1 heterocycles. The Bertz CT molecular complexity index is 1120. The number of nitro groups is 1. The molecular formula is C20H21ClN4O4S. The highest BCUT2D eigenvalue weighted by molar-refractivity contribution is 7.23. The van der Waals surface area contributed by atoms with Crippen molar-refractivity contribution in [2.24, 2.45) is 0 Å². The lowest BCUT2D eigenvalue weighted by Gasteiger charge is -2.22. The molecule has 0 spiro atoms. The number of likely N-dealkylation sites (N-methyl/N-ethyl adjacent to an activating group) is 1. The smallest absolute Gasteiger partial charge is 0.273 e. The van der Waals surface area contributed by atoms with E-state index in [-0.39, 0.29) is 17.2 Å². The first kappa shape index (κ1) is 21.9. The molecule has 0 saturated carbocycles. The second-order valence-electron chi connectivity index (χ2n) is 6.89. The Labute approximate surface area is 182 Å². The van der Waals surface area contributed by atoms with E-state index >= 15 is 0 Å². The predicted octanol–water partition coefficient (Wildman–Crippen LogP) is 4.38. The molecule has 0 aliphatic heterocycles. The summed E-state index contributed by atoms with van der Waals surface area (Å²) in [6.45, 7) is 2.52. The van der Waals surface area contributed by atoms with Crippen LogP contribution in [0.15, 0.2) is 30.3 Å². The van der Waals surface area contributed by atoms with Gasteiger partial charge in [-0.1, -0.05) is 29.0 Å². The molecule has 0 saturated heterocycles. The number of methoxy groups -OCH3 is 1. The van der Waals surface area contributed by atoms with E-state index in [1.165, 1.54) is 28.4 Å². The summed E-state index contributed by atoms with van der Waals surface area (Å²) in [5.41, 5.74) is 1.06. The molecule has 8 nitrogen and oxygen atoms in total. The molecular weight excluding hydrogens is 428 g/mol. The second kappa shape index (κ2) is 8.95. The number of aromatic nitrogens is 1. The third kappa shape index (κ3) is 4.23. The maximum absolute atomic E-state index is 13.5. The van der Waals surface area contributed by atoms with Crippen molar-refractivity contribution in [2.75, 3.05) is 39.2 Å². The lowest BCUT2D eigenvalue weighted by molar-refractivity contribution is -0.385. The van der Waals surface area contributed by atoms with Crippen LogP contribution in [-0.2, 0) is 0 Å². The highest BCUT2D eigenvalue weighted by Gasteiger charge is 2.26. The zero-order chi connectivity index (χ0) is 22.0. The summed E-state index contributed by atoms with van der Waals surface area (Å²) in [6.07, 6.45) is 0. The molecule has 0 unspecified atom stereocenters. The molecule has 0 aliphatic carbocycles. The molecule has 30 heavy (non-hydrogen) atoms. The van der Waals surface area contributed by atoms with Gasteiger partial charge in [-0.25, -0.2) is 4.98 Å². The maximum atomic E-state index is 13.5. The van der Waals surface area contributed by atoms with Crippen LogP contribution in [-0.4, -0.2) is 55.0 Å². The molecule has 1 aromatic heterocycles. The molecule has 0 bridgehead atoms. The van der Waals surface area contributed by atoms with Crippen molar-refractivity contribution in [3.05, 3.63) is 56.6 Å². The number of thiazole rings is 1. The minimum Gasteiger partial charge on any atom is -0.494 e. The molecule has 1 amide bonds. The molecule has 0 N–H and O–H groups in total. The number of benzene rings is 2. The lowest BCUT2D eigenvalue weighted by Crippen LogP contribution is -2.37. The normalized spacial score (nSPS) is 11.1. The average molecular weight is 449 g/mol. The zero-order valence-electron chi connectivity index (χ0n) is 17.0. The van der Waals surface area contributed by atoms with Gasteiger partial charge in [-0.3, -0.25) is 19.8 Å². The number of carbonyl (C=O) groups is 1. The molecule has 0 atom stereocenters. The number of anilines is 1. The maximum Gasteiger partial charge on any atom is 0.273 e. The molecule has 158 valence electrons. The number of carbonyl (C=O) groups excluding carboxylic acids is 1. The van der Waals surface area contributed by atoms with E-state index in [1.807, 2.05) is 19.0 Å². The van der Waals surface area contributed by atoms with E-state index in [4.69, 9.17) is 16.3 Å². The molecule has 3 aromatic rings. The van der Waals surface area contributed by atoms with E-state index in [0.29, 0.717) is 44.8 Å². The number of hydrogen-bond donors (Lipinski definition) is 0. The fourth-order valence-electron chi connectivity index (χ4n) is 3.00. The van der Waals surface area contributed by atoms with Gasteiger partial charge in [0.1, 0.15) is 11.3 Å². The summed E-state index contributed by atoms with van der Waals surface area (Å²) >= 11 is 7.62. The van der Waals surface area contributed by atoms with Crippen molar-refractivity contribution in [2.45, 2.75) is 6.92 Å². The molecule has 0 fully saturated rings. The molecule has 0 aliphatic rings. The van der Waals surface area contributed by atoms with Gasteiger partial charge in [0.25, 0.3) is 11.6 Å². The Kier molecular flexibility index (Phi) is 6.55. The number of amides is 1. The summed E-state index contributed by atoms with van der Waals surface area (Å²) in [4.78, 5) is 32.4.